The average Bonchev–Trinajstić information content (AvgIpc) is 3.31. The van der Waals surface area contributed by atoms with Crippen LogP contribution in [0.3, 0.4) is 0 Å². The number of ether oxygens (including phenoxy) is 2. The highest BCUT2D eigenvalue weighted by Gasteiger charge is 2.22. The summed E-state index contributed by atoms with van der Waals surface area (Å²) in [6, 6.07) is 16.6. The van der Waals surface area contributed by atoms with Gasteiger partial charge in [-0.1, -0.05) is 24.3 Å². The zero-order valence-electron chi connectivity index (χ0n) is 18.3. The summed E-state index contributed by atoms with van der Waals surface area (Å²) in [5, 5.41) is 5.72. The van der Waals surface area contributed by atoms with Crippen LogP contribution < -0.4 is 20.3 Å². The van der Waals surface area contributed by atoms with Crippen LogP contribution in [0.1, 0.15) is 11.3 Å². The van der Waals surface area contributed by atoms with Gasteiger partial charge in [0.2, 0.25) is 5.91 Å². The predicted molar refractivity (Wildman–Crippen MR) is 130 cm³/mol. The standard InChI is InChI=1S/C26H23N3O5/c30-25(27-20-5-1-3-7-22(20)29-11-13-32-14-12-29)10-9-18-15-19(33-17-18)16-24-26(31)28-21-6-2-4-8-23(21)34-24/h1-10,15-17H,11-14H2,(H,27,30)(H,28,31)/b10-9+,24-16-. The van der Waals surface area contributed by atoms with Crippen molar-refractivity contribution in [2.45, 2.75) is 0 Å². The van der Waals surface area contributed by atoms with Crippen LogP contribution in [0.4, 0.5) is 17.1 Å². The van der Waals surface area contributed by atoms with Crippen LogP contribution in [0.25, 0.3) is 12.2 Å². The first kappa shape index (κ1) is 21.5. The van der Waals surface area contributed by atoms with Gasteiger partial charge >= 0.3 is 0 Å². The summed E-state index contributed by atoms with van der Waals surface area (Å²) in [6.45, 7) is 2.90. The van der Waals surface area contributed by atoms with Gasteiger partial charge in [-0.3, -0.25) is 9.59 Å². The third-order valence-corrected chi connectivity index (χ3v) is 5.43. The monoisotopic (exact) mass is 457 g/mol. The molecular formula is C26H23N3O5. The fraction of sp³-hybridized carbons (Fsp3) is 0.154. The molecule has 34 heavy (non-hydrogen) atoms. The number of morpholine rings is 1. The van der Waals surface area contributed by atoms with Crippen LogP contribution in [-0.4, -0.2) is 38.1 Å². The van der Waals surface area contributed by atoms with Crippen molar-refractivity contribution in [1.82, 2.24) is 0 Å². The first-order valence-corrected chi connectivity index (χ1v) is 10.9. The molecule has 172 valence electrons. The van der Waals surface area contributed by atoms with Crippen LogP contribution >= 0.6 is 0 Å². The summed E-state index contributed by atoms with van der Waals surface area (Å²) in [7, 11) is 0. The van der Waals surface area contributed by atoms with Crippen molar-refractivity contribution in [3.05, 3.63) is 84.0 Å². The Kier molecular flexibility index (Phi) is 6.13. The van der Waals surface area contributed by atoms with Crippen LogP contribution in [0.5, 0.6) is 5.75 Å². The average molecular weight is 457 g/mol. The van der Waals surface area contributed by atoms with E-state index in [1.54, 1.807) is 24.3 Å². The lowest BCUT2D eigenvalue weighted by Gasteiger charge is -2.30. The molecule has 1 aromatic heterocycles. The minimum Gasteiger partial charge on any atom is -0.464 e. The molecule has 0 bridgehead atoms. The molecule has 1 saturated heterocycles. The molecule has 5 rings (SSSR count). The fourth-order valence-corrected chi connectivity index (χ4v) is 3.77. The molecule has 0 atom stereocenters. The maximum Gasteiger partial charge on any atom is 0.291 e. The normalized spacial score (nSPS) is 16.8. The fourth-order valence-electron chi connectivity index (χ4n) is 3.77. The van der Waals surface area contributed by atoms with E-state index in [9.17, 15) is 9.59 Å². The number of hydrogen-bond acceptors (Lipinski definition) is 6. The van der Waals surface area contributed by atoms with E-state index >= 15 is 0 Å². The number of rotatable bonds is 5. The number of carbonyl (C=O) groups is 2. The quantitative estimate of drug-likeness (QED) is 0.560. The zero-order valence-corrected chi connectivity index (χ0v) is 18.3. The van der Waals surface area contributed by atoms with E-state index in [0.29, 0.717) is 36.0 Å². The molecule has 2 aromatic carbocycles. The summed E-state index contributed by atoms with van der Waals surface area (Å²) in [4.78, 5) is 27.0. The molecule has 0 unspecified atom stereocenters. The van der Waals surface area contributed by atoms with Crippen LogP contribution in [0.15, 0.2) is 77.1 Å². The largest absolute Gasteiger partial charge is 0.464 e. The predicted octanol–water partition coefficient (Wildman–Crippen LogP) is 4.14. The highest BCUT2D eigenvalue weighted by Crippen LogP contribution is 2.31. The van der Waals surface area contributed by atoms with Crippen molar-refractivity contribution < 1.29 is 23.5 Å². The van der Waals surface area contributed by atoms with Crippen molar-refractivity contribution in [2.24, 2.45) is 0 Å². The van der Waals surface area contributed by atoms with Crippen molar-refractivity contribution >= 4 is 41.0 Å². The van der Waals surface area contributed by atoms with E-state index in [0.717, 1.165) is 24.5 Å². The first-order valence-electron chi connectivity index (χ1n) is 10.9. The topological polar surface area (TPSA) is 93.0 Å². The maximum atomic E-state index is 12.5. The van der Waals surface area contributed by atoms with Gasteiger partial charge in [0.05, 0.1) is 36.5 Å². The van der Waals surface area contributed by atoms with Gasteiger partial charge in [0.1, 0.15) is 5.76 Å². The van der Waals surface area contributed by atoms with E-state index in [2.05, 4.69) is 15.5 Å². The Morgan fingerprint density at radius 3 is 2.74 bits per heavy atom. The highest BCUT2D eigenvalue weighted by molar-refractivity contribution is 6.08. The Labute approximate surface area is 196 Å². The minimum atomic E-state index is -0.356. The molecule has 0 spiro atoms. The molecular weight excluding hydrogens is 434 g/mol. The summed E-state index contributed by atoms with van der Waals surface area (Å²) in [6.07, 6.45) is 6.11. The molecule has 0 aliphatic carbocycles. The second-order valence-corrected chi connectivity index (χ2v) is 7.78. The zero-order chi connectivity index (χ0) is 23.3. The number of para-hydroxylation sites is 4. The molecule has 2 aliphatic heterocycles. The Hall–Kier alpha value is -4.30. The maximum absolute atomic E-state index is 12.5. The van der Waals surface area contributed by atoms with Gasteiger partial charge in [0, 0.05) is 30.8 Å². The Balaban J connectivity index is 1.24. The lowest BCUT2D eigenvalue weighted by atomic mass is 10.2. The SMILES string of the molecule is O=C(/C=C/c1coc(/C=C2\Oc3ccccc3NC2=O)c1)Nc1ccccc1N1CCOCC1. The molecule has 8 nitrogen and oxygen atoms in total. The van der Waals surface area contributed by atoms with E-state index in [1.165, 1.54) is 18.4 Å². The van der Waals surface area contributed by atoms with Crippen LogP contribution in [0, 0.1) is 0 Å². The van der Waals surface area contributed by atoms with E-state index in [4.69, 9.17) is 13.9 Å². The Bertz CT molecular complexity index is 1270. The molecule has 1 fully saturated rings. The van der Waals surface area contributed by atoms with Gasteiger partial charge in [0.25, 0.3) is 5.91 Å². The molecule has 0 saturated carbocycles. The highest BCUT2D eigenvalue weighted by atomic mass is 16.5. The van der Waals surface area contributed by atoms with Gasteiger partial charge in [-0.25, -0.2) is 0 Å². The third kappa shape index (κ3) is 4.87. The number of nitrogens with one attached hydrogen (secondary N) is 2. The van der Waals surface area contributed by atoms with Crippen molar-refractivity contribution in [3.63, 3.8) is 0 Å². The summed E-state index contributed by atoms with van der Waals surface area (Å²) in [5.41, 5.74) is 3.02. The van der Waals surface area contributed by atoms with Gasteiger partial charge in [-0.05, 0) is 36.4 Å². The second kappa shape index (κ2) is 9.68. The molecule has 2 N–H and O–H groups in total. The first-order chi connectivity index (χ1) is 16.7. The Morgan fingerprint density at radius 1 is 1.06 bits per heavy atom. The second-order valence-electron chi connectivity index (χ2n) is 7.78. The molecule has 0 radical (unpaired) electrons. The summed E-state index contributed by atoms with van der Waals surface area (Å²) in [5.74, 6) is 0.510. The minimum absolute atomic E-state index is 0.126. The summed E-state index contributed by atoms with van der Waals surface area (Å²) >= 11 is 0. The molecule has 2 amide bonds. The van der Waals surface area contributed by atoms with Gasteiger partial charge in [-0.2, -0.15) is 0 Å². The number of furan rings is 1. The van der Waals surface area contributed by atoms with Gasteiger partial charge < -0.3 is 29.4 Å². The van der Waals surface area contributed by atoms with Crippen molar-refractivity contribution in [2.75, 3.05) is 41.8 Å². The van der Waals surface area contributed by atoms with Gasteiger partial charge in [-0.15, -0.1) is 0 Å². The number of amides is 2. The lowest BCUT2D eigenvalue weighted by Crippen LogP contribution is -2.36. The smallest absolute Gasteiger partial charge is 0.291 e. The van der Waals surface area contributed by atoms with Crippen LogP contribution in [-0.2, 0) is 14.3 Å². The van der Waals surface area contributed by atoms with E-state index < -0.39 is 0 Å². The Morgan fingerprint density at radius 2 is 1.85 bits per heavy atom. The van der Waals surface area contributed by atoms with Crippen molar-refractivity contribution in [3.8, 4) is 5.75 Å². The van der Waals surface area contributed by atoms with Crippen molar-refractivity contribution in [1.29, 1.82) is 0 Å². The van der Waals surface area contributed by atoms with Crippen LogP contribution in [0.2, 0.25) is 0 Å². The van der Waals surface area contributed by atoms with Gasteiger partial charge in [0.15, 0.2) is 11.5 Å². The molecule has 3 heterocycles. The molecule has 2 aliphatic rings. The number of hydrogen-bond donors (Lipinski definition) is 2. The van der Waals surface area contributed by atoms with E-state index in [1.807, 2.05) is 36.4 Å². The lowest BCUT2D eigenvalue weighted by molar-refractivity contribution is -0.115. The number of benzene rings is 2. The number of carbonyl (C=O) groups excluding carboxylic acids is 2. The van der Waals surface area contributed by atoms with E-state index in [-0.39, 0.29) is 17.6 Å². The number of nitrogens with zero attached hydrogens (tertiary/aromatic N) is 1. The number of fused-ring (bicyclic) bond motifs is 1. The third-order valence-electron chi connectivity index (χ3n) is 5.43. The molecule has 3 aromatic rings. The molecule has 8 heteroatoms. The summed E-state index contributed by atoms with van der Waals surface area (Å²) < 4.78 is 16.6. The number of anilines is 3.